The van der Waals surface area contributed by atoms with Gasteiger partial charge in [-0.25, -0.2) is 4.68 Å². The Hall–Kier alpha value is -2.61. The van der Waals surface area contributed by atoms with Gasteiger partial charge in [0.2, 0.25) is 5.91 Å². The van der Waals surface area contributed by atoms with Crippen LogP contribution in [0.25, 0.3) is 0 Å². The molecule has 1 aliphatic carbocycles. The number of carbonyl (C=O) groups is 2. The summed E-state index contributed by atoms with van der Waals surface area (Å²) < 4.78 is 47.2. The Kier molecular flexibility index (Phi) is 4.78. The van der Waals surface area contributed by atoms with Gasteiger partial charge < -0.3 is 14.5 Å². The second-order valence-corrected chi connectivity index (χ2v) is 9.50. The molecule has 0 bridgehead atoms. The van der Waals surface area contributed by atoms with E-state index in [4.69, 9.17) is 4.74 Å². The van der Waals surface area contributed by atoms with E-state index in [2.05, 4.69) is 11.2 Å². The van der Waals surface area contributed by atoms with Crippen LogP contribution in [0.3, 0.4) is 0 Å². The molecule has 2 atom stereocenters. The number of hydrogen-bond donors (Lipinski definition) is 0. The topological polar surface area (TPSA) is 91.5 Å². The van der Waals surface area contributed by atoms with Crippen LogP contribution in [-0.4, -0.2) is 70.4 Å². The monoisotopic (exact) mass is 451 g/mol. The van der Waals surface area contributed by atoms with Crippen molar-refractivity contribution >= 4 is 11.8 Å². The molecule has 1 aromatic rings. The minimum Gasteiger partial charge on any atom is -0.357 e. The lowest BCUT2D eigenvalue weighted by atomic mass is 9.71. The van der Waals surface area contributed by atoms with E-state index < -0.39 is 28.8 Å². The van der Waals surface area contributed by atoms with Crippen LogP contribution in [0.15, 0.2) is 12.4 Å². The van der Waals surface area contributed by atoms with Crippen molar-refractivity contribution in [3.05, 3.63) is 18.0 Å². The predicted octanol–water partition coefficient (Wildman–Crippen LogP) is 2.35. The minimum atomic E-state index is -4.55. The first-order valence-electron chi connectivity index (χ1n) is 10.9. The average molecular weight is 451 g/mol. The molecule has 8 nitrogen and oxygen atoms in total. The van der Waals surface area contributed by atoms with Crippen LogP contribution in [-0.2, 0) is 9.53 Å². The fraction of sp³-hybridized carbons (Fsp3) is 0.714. The van der Waals surface area contributed by atoms with Gasteiger partial charge in [0.15, 0.2) is 0 Å². The summed E-state index contributed by atoms with van der Waals surface area (Å²) in [6.45, 7) is 1.21. The lowest BCUT2D eigenvalue weighted by Gasteiger charge is -2.50. The van der Waals surface area contributed by atoms with Gasteiger partial charge in [-0.3, -0.25) is 9.59 Å². The summed E-state index contributed by atoms with van der Waals surface area (Å²) in [4.78, 5) is 28.3. The fourth-order valence-corrected chi connectivity index (χ4v) is 5.25. The van der Waals surface area contributed by atoms with Crippen LogP contribution >= 0.6 is 0 Å². The number of rotatable bonds is 3. The molecular weight excluding hydrogens is 427 g/mol. The first kappa shape index (κ1) is 21.2. The smallest absolute Gasteiger partial charge is 0.357 e. The summed E-state index contributed by atoms with van der Waals surface area (Å²) in [5.74, 6) is -1.71. The van der Waals surface area contributed by atoms with E-state index in [0.717, 1.165) is 19.3 Å². The zero-order chi connectivity index (χ0) is 22.7. The molecule has 0 N–H and O–H groups in total. The Bertz CT molecular complexity index is 968. The van der Waals surface area contributed by atoms with Crippen LogP contribution in [0.4, 0.5) is 13.2 Å². The number of likely N-dealkylation sites (tertiary alicyclic amines) is 2. The Balaban J connectivity index is 1.25. The van der Waals surface area contributed by atoms with Crippen molar-refractivity contribution in [2.75, 3.05) is 32.8 Å². The highest BCUT2D eigenvalue weighted by atomic mass is 19.4. The first-order valence-corrected chi connectivity index (χ1v) is 10.9. The molecule has 1 saturated carbocycles. The highest BCUT2D eigenvalue weighted by Crippen LogP contribution is 2.60. The van der Waals surface area contributed by atoms with Gasteiger partial charge in [-0.05, 0) is 32.1 Å². The second-order valence-electron chi connectivity index (χ2n) is 9.50. The van der Waals surface area contributed by atoms with Gasteiger partial charge >= 0.3 is 6.18 Å². The molecule has 172 valence electrons. The van der Waals surface area contributed by atoms with Crippen molar-refractivity contribution in [3.8, 4) is 6.07 Å². The molecular formula is C21H24F3N5O3. The van der Waals surface area contributed by atoms with Crippen molar-refractivity contribution in [1.82, 2.24) is 19.6 Å². The quantitative estimate of drug-likeness (QED) is 0.704. The lowest BCUT2D eigenvalue weighted by molar-refractivity contribution is -0.204. The molecule has 0 radical (unpaired) electrons. The molecule has 2 unspecified atom stereocenters. The maximum Gasteiger partial charge on any atom is 0.403 e. The Morgan fingerprint density at radius 3 is 2.50 bits per heavy atom. The predicted molar refractivity (Wildman–Crippen MR) is 103 cm³/mol. The van der Waals surface area contributed by atoms with Gasteiger partial charge in [0.05, 0.1) is 23.7 Å². The molecule has 3 aliphatic heterocycles. The number of hydrogen-bond acceptors (Lipinski definition) is 5. The Morgan fingerprint density at radius 2 is 1.91 bits per heavy atom. The van der Waals surface area contributed by atoms with Crippen LogP contribution < -0.4 is 0 Å². The van der Waals surface area contributed by atoms with Gasteiger partial charge in [-0.15, -0.1) is 0 Å². The normalized spacial score (nSPS) is 28.3. The van der Waals surface area contributed by atoms with Crippen LogP contribution in [0.5, 0.6) is 0 Å². The van der Waals surface area contributed by atoms with E-state index in [1.807, 2.05) is 0 Å². The average Bonchev–Trinajstić information content (AvgIpc) is 3.28. The highest BCUT2D eigenvalue weighted by Gasteiger charge is 2.71. The van der Waals surface area contributed by atoms with Crippen LogP contribution in [0, 0.1) is 28.1 Å². The number of carbonyl (C=O) groups excluding carboxylic acids is 2. The van der Waals surface area contributed by atoms with Crippen molar-refractivity contribution in [1.29, 1.82) is 5.26 Å². The van der Waals surface area contributed by atoms with E-state index in [9.17, 15) is 28.0 Å². The first-order chi connectivity index (χ1) is 15.2. The van der Waals surface area contributed by atoms with E-state index in [1.54, 1.807) is 15.8 Å². The minimum absolute atomic E-state index is 0.0703. The molecule has 4 aliphatic rings. The summed E-state index contributed by atoms with van der Waals surface area (Å²) in [5, 5.41) is 13.9. The molecule has 11 heteroatoms. The van der Waals surface area contributed by atoms with E-state index in [1.165, 1.54) is 11.1 Å². The lowest BCUT2D eigenvalue weighted by Crippen LogP contribution is -2.64. The van der Waals surface area contributed by atoms with E-state index >= 15 is 0 Å². The summed E-state index contributed by atoms with van der Waals surface area (Å²) in [6.07, 6.45) is 0.848. The van der Waals surface area contributed by atoms with Crippen molar-refractivity contribution in [2.45, 2.75) is 44.5 Å². The summed E-state index contributed by atoms with van der Waals surface area (Å²) in [5.41, 5.74) is -2.54. The molecule has 2 amide bonds. The van der Waals surface area contributed by atoms with Gasteiger partial charge in [-0.1, -0.05) is 0 Å². The van der Waals surface area contributed by atoms with Gasteiger partial charge in [0.1, 0.15) is 11.6 Å². The molecule has 3 saturated heterocycles. The number of alkyl halides is 3. The molecule has 1 aromatic heterocycles. The summed E-state index contributed by atoms with van der Waals surface area (Å²) >= 11 is 0. The van der Waals surface area contributed by atoms with Gasteiger partial charge in [-0.2, -0.15) is 23.5 Å². The standard InChI is InChI=1S/C21H24F3N5O3/c22-21(23,24)20(4-5-20)18(31)28-12-19(13-28)11-27(10-15(19)7-25)17(30)14-8-26-29(9-14)16-3-1-2-6-32-16/h8-9,15-16H,1-6,10-13H2. The van der Waals surface area contributed by atoms with E-state index in [-0.39, 0.29) is 51.2 Å². The number of aromatic nitrogens is 2. The number of ether oxygens (including phenoxy) is 1. The van der Waals surface area contributed by atoms with Crippen molar-refractivity contribution in [2.24, 2.45) is 16.7 Å². The number of amides is 2. The third-order valence-corrected chi connectivity index (χ3v) is 7.39. The molecule has 32 heavy (non-hydrogen) atoms. The fourth-order valence-electron chi connectivity index (χ4n) is 5.25. The number of halogens is 3. The van der Waals surface area contributed by atoms with Crippen LogP contribution in [0.2, 0.25) is 0 Å². The molecule has 5 rings (SSSR count). The SMILES string of the molecule is N#CC1CN(C(=O)c2cnn(C3CCCCO3)c2)CC12CN(C(=O)C1(C(F)(F)F)CC1)C2. The van der Waals surface area contributed by atoms with Crippen molar-refractivity contribution in [3.63, 3.8) is 0 Å². The molecule has 0 aromatic carbocycles. The van der Waals surface area contributed by atoms with Gasteiger partial charge in [0, 0.05) is 44.4 Å². The second kappa shape index (κ2) is 7.20. The number of nitrogens with zero attached hydrogens (tertiary/aromatic N) is 5. The largest absolute Gasteiger partial charge is 0.403 e. The van der Waals surface area contributed by atoms with Crippen LogP contribution in [0.1, 0.15) is 48.7 Å². The number of nitriles is 1. The molecule has 4 heterocycles. The third kappa shape index (κ3) is 3.18. The summed E-state index contributed by atoms with van der Waals surface area (Å²) in [6, 6.07) is 2.20. The van der Waals surface area contributed by atoms with E-state index in [0.29, 0.717) is 12.2 Å². The maximum absolute atomic E-state index is 13.3. The van der Waals surface area contributed by atoms with Crippen molar-refractivity contribution < 1.29 is 27.5 Å². The highest BCUT2D eigenvalue weighted by molar-refractivity contribution is 5.94. The third-order valence-electron chi connectivity index (χ3n) is 7.39. The zero-order valence-corrected chi connectivity index (χ0v) is 17.5. The zero-order valence-electron chi connectivity index (χ0n) is 17.5. The Labute approximate surface area is 182 Å². The molecule has 4 fully saturated rings. The summed E-state index contributed by atoms with van der Waals surface area (Å²) in [7, 11) is 0. The maximum atomic E-state index is 13.3. The van der Waals surface area contributed by atoms with Gasteiger partial charge in [0.25, 0.3) is 5.91 Å². The Morgan fingerprint density at radius 1 is 1.19 bits per heavy atom. The molecule has 1 spiro atoms.